The molecule has 0 spiro atoms. The van der Waals surface area contributed by atoms with E-state index < -0.39 is 11.7 Å². The maximum Gasteiger partial charge on any atom is 0.251 e. The van der Waals surface area contributed by atoms with Gasteiger partial charge in [0.05, 0.1) is 11.6 Å². The first-order chi connectivity index (χ1) is 14.5. The molecule has 1 N–H and O–H groups in total. The number of anilines is 1. The number of hydrogen-bond acceptors (Lipinski definition) is 3. The minimum absolute atomic E-state index is 0.0156. The Kier molecular flexibility index (Phi) is 5.79. The highest BCUT2D eigenvalue weighted by Gasteiger charge is 2.38. The summed E-state index contributed by atoms with van der Waals surface area (Å²) in [6.45, 7) is 1.26. The molecule has 2 aliphatic heterocycles. The monoisotopic (exact) mass is 409 g/mol. The summed E-state index contributed by atoms with van der Waals surface area (Å²) in [6.07, 6.45) is 1.43. The van der Waals surface area contributed by atoms with Crippen molar-refractivity contribution in [3.63, 3.8) is 0 Å². The van der Waals surface area contributed by atoms with Gasteiger partial charge in [0.2, 0.25) is 11.8 Å². The number of nitrogens with one attached hydrogen (secondary N) is 1. The van der Waals surface area contributed by atoms with Crippen molar-refractivity contribution < 1.29 is 18.8 Å². The van der Waals surface area contributed by atoms with Crippen LogP contribution in [0, 0.1) is 11.7 Å². The van der Waals surface area contributed by atoms with E-state index in [1.54, 1.807) is 35.2 Å². The van der Waals surface area contributed by atoms with Crippen molar-refractivity contribution in [2.75, 3.05) is 24.5 Å². The zero-order valence-electron chi connectivity index (χ0n) is 16.6. The van der Waals surface area contributed by atoms with Gasteiger partial charge in [-0.1, -0.05) is 30.3 Å². The normalized spacial score (nSPS) is 19.8. The van der Waals surface area contributed by atoms with Crippen LogP contribution in [0.4, 0.5) is 10.1 Å². The van der Waals surface area contributed by atoms with Crippen molar-refractivity contribution in [1.29, 1.82) is 0 Å². The Morgan fingerprint density at radius 1 is 0.967 bits per heavy atom. The Hall–Kier alpha value is -3.22. The molecule has 2 aliphatic rings. The predicted molar refractivity (Wildman–Crippen MR) is 110 cm³/mol. The van der Waals surface area contributed by atoms with E-state index in [0.29, 0.717) is 31.5 Å². The van der Waals surface area contributed by atoms with Crippen LogP contribution < -0.4 is 10.2 Å². The molecule has 0 bridgehead atoms. The minimum atomic E-state index is -0.465. The van der Waals surface area contributed by atoms with Crippen LogP contribution in [0.25, 0.3) is 0 Å². The maximum atomic E-state index is 14.0. The summed E-state index contributed by atoms with van der Waals surface area (Å²) in [5.41, 5.74) is 0.842. The van der Waals surface area contributed by atoms with Crippen LogP contribution in [0.2, 0.25) is 0 Å². The molecule has 0 radical (unpaired) electrons. The van der Waals surface area contributed by atoms with E-state index in [1.165, 1.54) is 11.0 Å². The molecule has 0 saturated carbocycles. The van der Waals surface area contributed by atoms with Gasteiger partial charge in [0.1, 0.15) is 5.82 Å². The van der Waals surface area contributed by atoms with Crippen LogP contribution >= 0.6 is 0 Å². The van der Waals surface area contributed by atoms with Gasteiger partial charge in [-0.15, -0.1) is 0 Å². The summed E-state index contributed by atoms with van der Waals surface area (Å²) in [4.78, 5) is 40.7. The smallest absolute Gasteiger partial charge is 0.251 e. The first-order valence-electron chi connectivity index (χ1n) is 10.2. The second kappa shape index (κ2) is 8.65. The third kappa shape index (κ3) is 4.20. The molecule has 4 rings (SSSR count). The number of piperidine rings is 1. The molecule has 2 saturated heterocycles. The van der Waals surface area contributed by atoms with E-state index in [4.69, 9.17) is 0 Å². The quantitative estimate of drug-likeness (QED) is 0.844. The highest BCUT2D eigenvalue weighted by molar-refractivity contribution is 6.00. The van der Waals surface area contributed by atoms with Gasteiger partial charge in [0, 0.05) is 37.7 Å². The van der Waals surface area contributed by atoms with E-state index in [2.05, 4.69) is 5.32 Å². The Balaban J connectivity index is 1.31. The molecule has 2 fully saturated rings. The zero-order valence-corrected chi connectivity index (χ0v) is 16.6. The van der Waals surface area contributed by atoms with E-state index in [1.807, 2.05) is 18.2 Å². The van der Waals surface area contributed by atoms with Crippen LogP contribution in [0.5, 0.6) is 0 Å². The summed E-state index contributed by atoms with van der Waals surface area (Å²) in [5, 5.41) is 3.03. The number of benzene rings is 2. The summed E-state index contributed by atoms with van der Waals surface area (Å²) < 4.78 is 14.0. The molecular weight excluding hydrogens is 385 g/mol. The lowest BCUT2D eigenvalue weighted by Gasteiger charge is -2.33. The fraction of sp³-hybridized carbons (Fsp3) is 0.348. The summed E-state index contributed by atoms with van der Waals surface area (Å²) in [5.74, 6) is -1.35. The van der Waals surface area contributed by atoms with E-state index in [0.717, 1.165) is 0 Å². The molecule has 156 valence electrons. The number of para-hydroxylation sites is 1. The second-order valence-electron chi connectivity index (χ2n) is 7.80. The highest BCUT2D eigenvalue weighted by Crippen LogP contribution is 2.29. The number of amides is 3. The molecule has 7 heteroatoms. The average Bonchev–Trinajstić information content (AvgIpc) is 3.16. The molecule has 3 amide bonds. The lowest BCUT2D eigenvalue weighted by atomic mass is 10.0. The topological polar surface area (TPSA) is 69.7 Å². The van der Waals surface area contributed by atoms with Gasteiger partial charge in [-0.05, 0) is 37.1 Å². The van der Waals surface area contributed by atoms with Gasteiger partial charge in [-0.25, -0.2) is 4.39 Å². The molecule has 0 aromatic heterocycles. The van der Waals surface area contributed by atoms with Crippen LogP contribution in [0.15, 0.2) is 54.6 Å². The van der Waals surface area contributed by atoms with Gasteiger partial charge in [0.15, 0.2) is 0 Å². The lowest BCUT2D eigenvalue weighted by Crippen LogP contribution is -2.48. The van der Waals surface area contributed by atoms with Crippen molar-refractivity contribution in [2.24, 2.45) is 5.92 Å². The van der Waals surface area contributed by atoms with Gasteiger partial charge in [-0.2, -0.15) is 0 Å². The highest BCUT2D eigenvalue weighted by atomic mass is 19.1. The number of carbonyl (C=O) groups is 3. The fourth-order valence-corrected chi connectivity index (χ4v) is 4.14. The first kappa shape index (κ1) is 20.1. The Labute approximate surface area is 174 Å². The van der Waals surface area contributed by atoms with Crippen molar-refractivity contribution in [1.82, 2.24) is 10.2 Å². The van der Waals surface area contributed by atoms with Crippen LogP contribution in [-0.2, 0) is 9.59 Å². The Bertz CT molecular complexity index is 942. The molecule has 6 nitrogen and oxygen atoms in total. The number of hydrogen-bond donors (Lipinski definition) is 1. The van der Waals surface area contributed by atoms with E-state index >= 15 is 0 Å². The largest absolute Gasteiger partial charge is 0.349 e. The number of likely N-dealkylation sites (tertiary alicyclic amines) is 1. The van der Waals surface area contributed by atoms with E-state index in [9.17, 15) is 18.8 Å². The number of halogens is 1. The van der Waals surface area contributed by atoms with Gasteiger partial charge in [-0.3, -0.25) is 14.4 Å². The summed E-state index contributed by atoms with van der Waals surface area (Å²) in [6, 6.07) is 15.2. The molecule has 30 heavy (non-hydrogen) atoms. The molecule has 1 unspecified atom stereocenters. The Morgan fingerprint density at radius 2 is 1.63 bits per heavy atom. The lowest BCUT2D eigenvalue weighted by molar-refractivity contribution is -0.136. The SMILES string of the molecule is O=C(NC1CCN(C(=O)C2CC(=O)N(c3ccccc3F)C2)CC1)c1ccccc1. The van der Waals surface area contributed by atoms with E-state index in [-0.39, 0.29) is 42.4 Å². The summed E-state index contributed by atoms with van der Waals surface area (Å²) in [7, 11) is 0. The molecular formula is C23H24FN3O3. The van der Waals surface area contributed by atoms with Crippen molar-refractivity contribution in [2.45, 2.75) is 25.3 Å². The molecule has 2 aromatic carbocycles. The number of rotatable bonds is 4. The predicted octanol–water partition coefficient (Wildman–Crippen LogP) is 2.60. The van der Waals surface area contributed by atoms with Crippen LogP contribution in [0.1, 0.15) is 29.6 Å². The maximum absolute atomic E-state index is 14.0. The third-order valence-electron chi connectivity index (χ3n) is 5.80. The number of nitrogens with zero attached hydrogens (tertiary/aromatic N) is 2. The molecule has 0 aliphatic carbocycles. The van der Waals surface area contributed by atoms with Crippen molar-refractivity contribution in [3.05, 3.63) is 66.0 Å². The molecule has 1 atom stereocenters. The van der Waals surface area contributed by atoms with Crippen molar-refractivity contribution in [3.8, 4) is 0 Å². The van der Waals surface area contributed by atoms with Gasteiger partial charge < -0.3 is 15.1 Å². The first-order valence-corrected chi connectivity index (χ1v) is 10.2. The minimum Gasteiger partial charge on any atom is -0.349 e. The van der Waals surface area contributed by atoms with Gasteiger partial charge in [0.25, 0.3) is 5.91 Å². The average molecular weight is 409 g/mol. The zero-order chi connectivity index (χ0) is 21.1. The van der Waals surface area contributed by atoms with Crippen LogP contribution in [0.3, 0.4) is 0 Å². The van der Waals surface area contributed by atoms with Gasteiger partial charge >= 0.3 is 0 Å². The number of carbonyl (C=O) groups excluding carboxylic acids is 3. The molecule has 2 heterocycles. The second-order valence-corrected chi connectivity index (χ2v) is 7.80. The molecule has 2 aromatic rings. The van der Waals surface area contributed by atoms with Crippen LogP contribution in [-0.4, -0.2) is 48.3 Å². The summed E-state index contributed by atoms with van der Waals surface area (Å²) >= 11 is 0. The fourth-order valence-electron chi connectivity index (χ4n) is 4.14. The third-order valence-corrected chi connectivity index (χ3v) is 5.80. The Morgan fingerprint density at radius 3 is 2.33 bits per heavy atom. The standard InChI is InChI=1S/C23H24FN3O3/c24-19-8-4-5-9-20(19)27-15-17(14-21(27)28)23(30)26-12-10-18(11-13-26)25-22(29)16-6-2-1-3-7-16/h1-9,17-18H,10-15H2,(H,25,29). The van der Waals surface area contributed by atoms with Crippen molar-refractivity contribution >= 4 is 23.4 Å².